The lowest BCUT2D eigenvalue weighted by Crippen LogP contribution is -2.53. The van der Waals surface area contributed by atoms with Gasteiger partial charge in [-0.05, 0) is 80.3 Å². The molecule has 2 aromatic carbocycles. The molecule has 0 radical (unpaired) electrons. The fourth-order valence-electron chi connectivity index (χ4n) is 5.87. The molecule has 4 bridgehead atoms. The second-order valence-corrected chi connectivity index (χ2v) is 10.3. The van der Waals surface area contributed by atoms with Gasteiger partial charge in [0.05, 0.1) is 5.41 Å². The highest BCUT2D eigenvalue weighted by molar-refractivity contribution is 5.85. The van der Waals surface area contributed by atoms with Gasteiger partial charge in [-0.15, -0.1) is 12.4 Å². The highest BCUT2D eigenvalue weighted by Gasteiger charge is 2.43. The number of piperidine rings is 1. The number of benzene rings is 2. The molecule has 188 valence electrons. The Labute approximate surface area is 214 Å². The maximum Gasteiger partial charge on any atom is 0.226 e. The van der Waals surface area contributed by atoms with E-state index in [0.717, 1.165) is 54.7 Å². The third-order valence-electron chi connectivity index (χ3n) is 7.85. The van der Waals surface area contributed by atoms with Crippen LogP contribution in [0.1, 0.15) is 49.7 Å². The summed E-state index contributed by atoms with van der Waals surface area (Å²) in [5, 5.41) is 3.21. The molecule has 2 aromatic rings. The van der Waals surface area contributed by atoms with E-state index in [0.29, 0.717) is 38.9 Å². The van der Waals surface area contributed by atoms with Gasteiger partial charge in [0.15, 0.2) is 0 Å². The van der Waals surface area contributed by atoms with Crippen LogP contribution in [0, 0.1) is 11.3 Å². The standard InChI is InChI=1S/C28H35N3O3.ClH/c29-23-7-3-6-22(18-23)26(32)31-14-11-28(12-15-31)19-21-5-2-9-25(17-21)34-24-8-1-4-20(16-24)10-13-30-27(28)33;/h1-2,4-5,8-9,16-17,22-23H,3,6-7,10-15,18-19,29H2,(H,30,33);1H/t22-,23+;/m1./s1. The zero-order chi connectivity index (χ0) is 23.5. The van der Waals surface area contributed by atoms with Crippen LogP contribution in [-0.4, -0.2) is 42.4 Å². The van der Waals surface area contributed by atoms with Gasteiger partial charge in [-0.3, -0.25) is 9.59 Å². The van der Waals surface area contributed by atoms with Crippen molar-refractivity contribution in [2.75, 3.05) is 19.6 Å². The summed E-state index contributed by atoms with van der Waals surface area (Å²) in [6.45, 7) is 1.83. The first-order valence-electron chi connectivity index (χ1n) is 12.7. The van der Waals surface area contributed by atoms with Crippen molar-refractivity contribution >= 4 is 24.2 Å². The van der Waals surface area contributed by atoms with E-state index in [1.807, 2.05) is 41.3 Å². The van der Waals surface area contributed by atoms with E-state index in [1.54, 1.807) is 0 Å². The smallest absolute Gasteiger partial charge is 0.226 e. The number of likely N-dealkylation sites (tertiary alicyclic amines) is 1. The SMILES string of the molecule is Cl.N[C@H]1CCC[C@@H](C(=O)N2CCC3(CC2)Cc2cccc(c2)Oc2cccc(c2)CCNC3=O)C1. The zero-order valence-corrected chi connectivity index (χ0v) is 21.0. The van der Waals surface area contributed by atoms with Crippen molar-refractivity contribution in [2.24, 2.45) is 17.1 Å². The highest BCUT2D eigenvalue weighted by atomic mass is 35.5. The number of amides is 2. The van der Waals surface area contributed by atoms with Gasteiger partial charge in [-0.25, -0.2) is 0 Å². The van der Waals surface area contributed by atoms with Gasteiger partial charge in [0.2, 0.25) is 11.8 Å². The minimum atomic E-state index is -0.523. The summed E-state index contributed by atoms with van der Waals surface area (Å²) in [6, 6.07) is 16.2. The summed E-state index contributed by atoms with van der Waals surface area (Å²) in [4.78, 5) is 28.7. The summed E-state index contributed by atoms with van der Waals surface area (Å²) >= 11 is 0. The first-order chi connectivity index (χ1) is 16.5. The minimum absolute atomic E-state index is 0. The summed E-state index contributed by atoms with van der Waals surface area (Å²) in [6.07, 6.45) is 6.49. The predicted molar refractivity (Wildman–Crippen MR) is 139 cm³/mol. The molecule has 6 nitrogen and oxygen atoms in total. The van der Waals surface area contributed by atoms with Crippen LogP contribution in [0.15, 0.2) is 48.5 Å². The van der Waals surface area contributed by atoms with Crippen molar-refractivity contribution in [3.8, 4) is 11.5 Å². The molecule has 35 heavy (non-hydrogen) atoms. The third kappa shape index (κ3) is 5.81. The van der Waals surface area contributed by atoms with E-state index in [4.69, 9.17) is 10.5 Å². The molecule has 1 saturated carbocycles. The molecule has 2 amide bonds. The number of rotatable bonds is 1. The second-order valence-electron chi connectivity index (χ2n) is 10.3. The van der Waals surface area contributed by atoms with Crippen LogP contribution in [0.5, 0.6) is 11.5 Å². The summed E-state index contributed by atoms with van der Waals surface area (Å²) in [5.74, 6) is 1.95. The van der Waals surface area contributed by atoms with E-state index in [9.17, 15) is 9.59 Å². The van der Waals surface area contributed by atoms with Crippen molar-refractivity contribution in [3.05, 3.63) is 59.7 Å². The third-order valence-corrected chi connectivity index (χ3v) is 7.85. The fraction of sp³-hybridized carbons (Fsp3) is 0.500. The monoisotopic (exact) mass is 497 g/mol. The van der Waals surface area contributed by atoms with Crippen molar-refractivity contribution in [3.63, 3.8) is 0 Å². The number of halogens is 1. The normalized spacial score (nSPS) is 24.0. The molecule has 2 fully saturated rings. The van der Waals surface area contributed by atoms with Gasteiger partial charge in [0.25, 0.3) is 0 Å². The topological polar surface area (TPSA) is 84.7 Å². The first-order valence-corrected chi connectivity index (χ1v) is 12.7. The molecule has 0 aromatic heterocycles. The van der Waals surface area contributed by atoms with Gasteiger partial charge in [-0.2, -0.15) is 0 Å². The molecular formula is C28H36ClN3O3. The zero-order valence-electron chi connectivity index (χ0n) is 20.2. The average molecular weight is 498 g/mol. The number of hydrogen-bond donors (Lipinski definition) is 2. The molecule has 0 unspecified atom stereocenters. The van der Waals surface area contributed by atoms with Gasteiger partial charge in [0, 0.05) is 31.6 Å². The van der Waals surface area contributed by atoms with E-state index >= 15 is 0 Å². The van der Waals surface area contributed by atoms with Gasteiger partial charge in [0.1, 0.15) is 11.5 Å². The molecule has 1 saturated heterocycles. The predicted octanol–water partition coefficient (Wildman–Crippen LogP) is 4.24. The highest BCUT2D eigenvalue weighted by Crippen LogP contribution is 2.38. The number of nitrogens with one attached hydrogen (secondary N) is 1. The van der Waals surface area contributed by atoms with Crippen molar-refractivity contribution in [1.29, 1.82) is 0 Å². The number of fused-ring (bicyclic) bond motifs is 4. The fourth-order valence-corrected chi connectivity index (χ4v) is 5.87. The number of nitrogens with zero attached hydrogens (tertiary/aromatic N) is 1. The number of carbonyl (C=O) groups is 2. The summed E-state index contributed by atoms with van der Waals surface area (Å²) in [7, 11) is 0. The Morgan fingerprint density at radius 3 is 2.43 bits per heavy atom. The van der Waals surface area contributed by atoms with Crippen molar-refractivity contribution in [2.45, 2.75) is 57.4 Å². The molecule has 3 aliphatic rings. The number of carbonyl (C=O) groups excluding carboxylic acids is 2. The summed E-state index contributed by atoms with van der Waals surface area (Å²) in [5.41, 5.74) is 7.83. The van der Waals surface area contributed by atoms with Crippen LogP contribution >= 0.6 is 12.4 Å². The Morgan fingerprint density at radius 1 is 1.03 bits per heavy atom. The quantitative estimate of drug-likeness (QED) is 0.617. The van der Waals surface area contributed by atoms with Gasteiger partial charge in [-0.1, -0.05) is 30.7 Å². The Morgan fingerprint density at radius 2 is 1.71 bits per heavy atom. The average Bonchev–Trinajstić information content (AvgIpc) is 2.84. The first kappa shape index (κ1) is 25.5. The number of ether oxygens (including phenoxy) is 1. The van der Waals surface area contributed by atoms with Crippen molar-refractivity contribution < 1.29 is 14.3 Å². The molecule has 3 N–H and O–H groups in total. The molecule has 7 heteroatoms. The molecular weight excluding hydrogens is 462 g/mol. The molecule has 1 aliphatic carbocycles. The molecule has 5 rings (SSSR count). The number of nitrogens with two attached hydrogens (primary N) is 1. The van der Waals surface area contributed by atoms with E-state index in [1.165, 1.54) is 0 Å². The maximum absolute atomic E-state index is 13.6. The Hall–Kier alpha value is -2.57. The van der Waals surface area contributed by atoms with E-state index in [2.05, 4.69) is 17.4 Å². The van der Waals surface area contributed by atoms with Gasteiger partial charge >= 0.3 is 0 Å². The van der Waals surface area contributed by atoms with E-state index < -0.39 is 5.41 Å². The van der Waals surface area contributed by atoms with Crippen LogP contribution in [-0.2, 0) is 22.4 Å². The lowest BCUT2D eigenvalue weighted by molar-refractivity contribution is -0.144. The van der Waals surface area contributed by atoms with E-state index in [-0.39, 0.29) is 36.2 Å². The molecule has 1 spiro atoms. The minimum Gasteiger partial charge on any atom is -0.457 e. The van der Waals surface area contributed by atoms with Crippen LogP contribution in [0.25, 0.3) is 0 Å². The number of hydrogen-bond acceptors (Lipinski definition) is 4. The Kier molecular flexibility index (Phi) is 8.02. The lowest BCUT2D eigenvalue weighted by Gasteiger charge is -2.42. The molecule has 2 heterocycles. The molecule has 2 atom stereocenters. The summed E-state index contributed by atoms with van der Waals surface area (Å²) < 4.78 is 6.13. The van der Waals surface area contributed by atoms with Crippen molar-refractivity contribution in [1.82, 2.24) is 10.2 Å². The Bertz CT molecular complexity index is 1050. The van der Waals surface area contributed by atoms with Crippen LogP contribution in [0.3, 0.4) is 0 Å². The maximum atomic E-state index is 13.6. The second kappa shape index (κ2) is 11.0. The lowest BCUT2D eigenvalue weighted by atomic mass is 9.72. The van der Waals surface area contributed by atoms with Crippen LogP contribution < -0.4 is 15.8 Å². The molecule has 2 aliphatic heterocycles. The van der Waals surface area contributed by atoms with Crippen LogP contribution in [0.2, 0.25) is 0 Å². The van der Waals surface area contributed by atoms with Crippen LogP contribution in [0.4, 0.5) is 0 Å². The van der Waals surface area contributed by atoms with Gasteiger partial charge < -0.3 is 20.7 Å². The Balaban J connectivity index is 0.00000289. The largest absolute Gasteiger partial charge is 0.457 e.